The van der Waals surface area contributed by atoms with Crippen LogP contribution in [0.5, 0.6) is 5.75 Å². The van der Waals surface area contributed by atoms with Crippen molar-refractivity contribution in [2.24, 2.45) is 0 Å². The SMILES string of the molecule is CC[C@H]1OB2OC[C@@H](C)Oc3cccc1c32. The first kappa shape index (κ1) is 10.2. The second-order valence-electron chi connectivity index (χ2n) is 4.39. The lowest BCUT2D eigenvalue weighted by atomic mass is 9.78. The van der Waals surface area contributed by atoms with Gasteiger partial charge < -0.3 is 14.0 Å². The highest BCUT2D eigenvalue weighted by molar-refractivity contribution is 6.64. The van der Waals surface area contributed by atoms with Gasteiger partial charge in [-0.15, -0.1) is 0 Å². The average molecular weight is 218 g/mol. The summed E-state index contributed by atoms with van der Waals surface area (Å²) < 4.78 is 17.5. The summed E-state index contributed by atoms with van der Waals surface area (Å²) in [6, 6.07) is 6.13. The summed E-state index contributed by atoms with van der Waals surface area (Å²) in [6.45, 7) is 4.71. The molecule has 0 aromatic heterocycles. The molecule has 2 heterocycles. The Labute approximate surface area is 95.8 Å². The Balaban J connectivity index is 2.09. The highest BCUT2D eigenvalue weighted by Gasteiger charge is 2.41. The molecule has 4 heteroatoms. The third-order valence-corrected chi connectivity index (χ3v) is 3.15. The fraction of sp³-hybridized carbons (Fsp3) is 0.500. The third kappa shape index (κ3) is 1.45. The minimum Gasteiger partial charge on any atom is -0.489 e. The van der Waals surface area contributed by atoms with Gasteiger partial charge in [0, 0.05) is 5.46 Å². The fourth-order valence-electron chi connectivity index (χ4n) is 2.40. The standard InChI is InChI=1S/C12H15BO3/c1-3-10-9-5-4-6-11-12(9)13(16-10)14-7-8(2)15-11/h4-6,8,10H,3,7H2,1-2H3/t8-,10-/m1/s1. The van der Waals surface area contributed by atoms with Crippen molar-refractivity contribution in [3.8, 4) is 5.75 Å². The van der Waals surface area contributed by atoms with Crippen LogP contribution in [0.15, 0.2) is 18.2 Å². The van der Waals surface area contributed by atoms with E-state index in [0.29, 0.717) is 6.61 Å². The Hall–Kier alpha value is -0.995. The topological polar surface area (TPSA) is 27.7 Å². The van der Waals surface area contributed by atoms with E-state index in [1.807, 2.05) is 19.1 Å². The number of ether oxygens (including phenoxy) is 1. The van der Waals surface area contributed by atoms with E-state index >= 15 is 0 Å². The molecule has 0 radical (unpaired) electrons. The van der Waals surface area contributed by atoms with E-state index in [1.54, 1.807) is 0 Å². The van der Waals surface area contributed by atoms with Crippen molar-refractivity contribution in [3.63, 3.8) is 0 Å². The van der Waals surface area contributed by atoms with Gasteiger partial charge in [0.05, 0.1) is 12.7 Å². The van der Waals surface area contributed by atoms with E-state index in [2.05, 4.69) is 13.0 Å². The van der Waals surface area contributed by atoms with E-state index in [-0.39, 0.29) is 19.3 Å². The molecular formula is C12H15BO3. The van der Waals surface area contributed by atoms with Crippen molar-refractivity contribution in [2.75, 3.05) is 6.61 Å². The van der Waals surface area contributed by atoms with Crippen LogP contribution in [0.4, 0.5) is 0 Å². The van der Waals surface area contributed by atoms with Crippen molar-refractivity contribution < 1.29 is 14.0 Å². The van der Waals surface area contributed by atoms with Gasteiger partial charge in [-0.1, -0.05) is 19.1 Å². The van der Waals surface area contributed by atoms with Gasteiger partial charge in [0.15, 0.2) is 0 Å². The molecule has 0 saturated carbocycles. The molecule has 1 aromatic rings. The highest BCUT2D eigenvalue weighted by Crippen LogP contribution is 2.32. The summed E-state index contributed by atoms with van der Waals surface area (Å²) >= 11 is 0. The van der Waals surface area contributed by atoms with Crippen molar-refractivity contribution in [1.29, 1.82) is 0 Å². The van der Waals surface area contributed by atoms with Gasteiger partial charge in [-0.05, 0) is 25.0 Å². The van der Waals surface area contributed by atoms with Crippen LogP contribution in [0, 0.1) is 0 Å². The zero-order valence-electron chi connectivity index (χ0n) is 9.60. The smallest absolute Gasteiger partial charge is 0.489 e. The predicted octanol–water partition coefficient (Wildman–Crippen LogP) is 1.66. The van der Waals surface area contributed by atoms with Crippen LogP contribution in [0.25, 0.3) is 0 Å². The summed E-state index contributed by atoms with van der Waals surface area (Å²) in [5, 5.41) is 0. The molecule has 3 rings (SSSR count). The molecule has 3 nitrogen and oxygen atoms in total. The zero-order chi connectivity index (χ0) is 11.1. The number of hydrogen-bond donors (Lipinski definition) is 0. The van der Waals surface area contributed by atoms with Crippen molar-refractivity contribution in [3.05, 3.63) is 23.8 Å². The molecule has 0 fully saturated rings. The van der Waals surface area contributed by atoms with Crippen LogP contribution in [0.1, 0.15) is 31.9 Å². The van der Waals surface area contributed by atoms with E-state index in [0.717, 1.165) is 17.6 Å². The summed E-state index contributed by atoms with van der Waals surface area (Å²) in [6.07, 6.45) is 1.20. The lowest BCUT2D eigenvalue weighted by Crippen LogP contribution is -2.31. The molecule has 2 aliphatic rings. The average Bonchev–Trinajstić information content (AvgIpc) is 2.57. The van der Waals surface area contributed by atoms with Gasteiger partial charge in [0.25, 0.3) is 0 Å². The number of rotatable bonds is 1. The second kappa shape index (κ2) is 3.79. The third-order valence-electron chi connectivity index (χ3n) is 3.15. The largest absolute Gasteiger partial charge is 0.498 e. The second-order valence-corrected chi connectivity index (χ2v) is 4.39. The molecule has 84 valence electrons. The van der Waals surface area contributed by atoms with Gasteiger partial charge in [-0.3, -0.25) is 0 Å². The predicted molar refractivity (Wildman–Crippen MR) is 62.0 cm³/mol. The molecule has 1 aromatic carbocycles. The summed E-state index contributed by atoms with van der Waals surface area (Å²) in [7, 11) is -0.235. The Morgan fingerprint density at radius 3 is 3.12 bits per heavy atom. The van der Waals surface area contributed by atoms with E-state index in [4.69, 9.17) is 14.0 Å². The lowest BCUT2D eigenvalue weighted by molar-refractivity contribution is 0.110. The van der Waals surface area contributed by atoms with E-state index in [1.165, 1.54) is 5.56 Å². The zero-order valence-corrected chi connectivity index (χ0v) is 9.60. The number of hydrogen-bond acceptors (Lipinski definition) is 3. The first-order valence-corrected chi connectivity index (χ1v) is 5.86. The Bertz CT molecular complexity index is 407. The molecular weight excluding hydrogens is 203 g/mol. The van der Waals surface area contributed by atoms with Crippen LogP contribution in [-0.2, 0) is 9.31 Å². The summed E-state index contributed by atoms with van der Waals surface area (Å²) in [5.74, 6) is 0.920. The summed E-state index contributed by atoms with van der Waals surface area (Å²) in [4.78, 5) is 0. The molecule has 0 spiro atoms. The van der Waals surface area contributed by atoms with Crippen molar-refractivity contribution in [1.82, 2.24) is 0 Å². The minimum atomic E-state index is -0.235. The van der Waals surface area contributed by atoms with Crippen LogP contribution < -0.4 is 10.2 Å². The number of benzene rings is 1. The van der Waals surface area contributed by atoms with Crippen molar-refractivity contribution >= 4 is 12.6 Å². The molecule has 2 atom stereocenters. The van der Waals surface area contributed by atoms with Gasteiger partial charge in [-0.25, -0.2) is 0 Å². The molecule has 0 N–H and O–H groups in total. The van der Waals surface area contributed by atoms with Crippen LogP contribution >= 0.6 is 0 Å². The molecule has 0 aliphatic carbocycles. The van der Waals surface area contributed by atoms with E-state index < -0.39 is 0 Å². The summed E-state index contributed by atoms with van der Waals surface area (Å²) in [5.41, 5.74) is 2.32. The van der Waals surface area contributed by atoms with Gasteiger partial charge in [0.2, 0.25) is 0 Å². The van der Waals surface area contributed by atoms with Crippen LogP contribution in [0.2, 0.25) is 0 Å². The molecule has 0 bridgehead atoms. The Morgan fingerprint density at radius 1 is 1.44 bits per heavy atom. The monoisotopic (exact) mass is 218 g/mol. The van der Waals surface area contributed by atoms with Crippen LogP contribution in [-0.4, -0.2) is 19.8 Å². The lowest BCUT2D eigenvalue weighted by Gasteiger charge is -2.15. The molecule has 0 unspecified atom stereocenters. The maximum atomic E-state index is 5.89. The van der Waals surface area contributed by atoms with Gasteiger partial charge in [0.1, 0.15) is 11.9 Å². The first-order valence-electron chi connectivity index (χ1n) is 5.86. The highest BCUT2D eigenvalue weighted by atomic mass is 16.6. The molecule has 0 saturated heterocycles. The minimum absolute atomic E-state index is 0.0841. The maximum absolute atomic E-state index is 5.89. The van der Waals surface area contributed by atoms with E-state index in [9.17, 15) is 0 Å². The quantitative estimate of drug-likeness (QED) is 0.671. The maximum Gasteiger partial charge on any atom is 0.498 e. The first-order chi connectivity index (χ1) is 7.79. The normalized spacial score (nSPS) is 27.2. The fourth-order valence-corrected chi connectivity index (χ4v) is 2.40. The Kier molecular flexibility index (Phi) is 2.41. The van der Waals surface area contributed by atoms with Crippen molar-refractivity contribution in [2.45, 2.75) is 32.5 Å². The van der Waals surface area contributed by atoms with Gasteiger partial charge >= 0.3 is 7.12 Å². The van der Waals surface area contributed by atoms with Crippen LogP contribution in [0.3, 0.4) is 0 Å². The molecule has 16 heavy (non-hydrogen) atoms. The molecule has 0 amide bonds. The molecule has 2 aliphatic heterocycles. The Morgan fingerprint density at radius 2 is 2.31 bits per heavy atom. The van der Waals surface area contributed by atoms with Gasteiger partial charge in [-0.2, -0.15) is 0 Å².